The number of likely N-dealkylation sites (tertiary alicyclic amines) is 1. The molecule has 1 saturated heterocycles. The molecule has 0 saturated carbocycles. The fraction of sp³-hybridized carbons (Fsp3) is 0.579. The predicted molar refractivity (Wildman–Crippen MR) is 96.2 cm³/mol. The quantitative estimate of drug-likeness (QED) is 0.532. The summed E-state index contributed by atoms with van der Waals surface area (Å²) in [4.78, 5) is 25.2. The zero-order chi connectivity index (χ0) is 21.3. The Labute approximate surface area is 162 Å². The lowest BCUT2D eigenvalue weighted by Gasteiger charge is -2.35. The first-order chi connectivity index (χ1) is 13.2. The van der Waals surface area contributed by atoms with Crippen LogP contribution in [0.4, 0.5) is 13.2 Å². The highest BCUT2D eigenvalue weighted by Crippen LogP contribution is 2.26. The number of benzene rings is 1. The average Bonchev–Trinajstić information content (AvgIpc) is 2.65. The zero-order valence-corrected chi connectivity index (χ0v) is 16.4. The Morgan fingerprint density at radius 2 is 1.57 bits per heavy atom. The van der Waals surface area contributed by atoms with Crippen molar-refractivity contribution < 1.29 is 37.0 Å². The third kappa shape index (κ3) is 7.38. The molecule has 0 bridgehead atoms. The molecule has 9 heteroatoms. The topological polar surface area (TPSA) is 65.1 Å². The molecule has 1 aromatic rings. The first-order valence-corrected chi connectivity index (χ1v) is 9.04. The van der Waals surface area contributed by atoms with Gasteiger partial charge in [-0.1, -0.05) is 13.8 Å². The SMILES string of the molecule is CC.COC(=O)C(C(C)=O)N1CCC(Oc2ccc(OC(F)(F)F)cc2)CC1. The molecule has 1 aliphatic rings. The average molecular weight is 405 g/mol. The molecule has 2 rings (SSSR count). The van der Waals surface area contributed by atoms with Crippen LogP contribution in [0.15, 0.2) is 24.3 Å². The second-order valence-corrected chi connectivity index (χ2v) is 5.91. The molecule has 28 heavy (non-hydrogen) atoms. The molecule has 1 heterocycles. The van der Waals surface area contributed by atoms with Crippen LogP contribution in [0.25, 0.3) is 0 Å². The van der Waals surface area contributed by atoms with E-state index in [0.29, 0.717) is 31.7 Å². The Kier molecular flexibility index (Phi) is 9.24. The number of halogens is 3. The Morgan fingerprint density at radius 3 is 2.00 bits per heavy atom. The number of nitrogens with zero attached hydrogens (tertiary/aromatic N) is 1. The summed E-state index contributed by atoms with van der Waals surface area (Å²) in [5.74, 6) is -0.760. The van der Waals surface area contributed by atoms with E-state index in [1.807, 2.05) is 13.8 Å². The fourth-order valence-electron chi connectivity index (χ4n) is 2.85. The normalized spacial score (nSPS) is 16.4. The number of carbonyl (C=O) groups excluding carboxylic acids is 2. The minimum Gasteiger partial charge on any atom is -0.490 e. The lowest BCUT2D eigenvalue weighted by molar-refractivity contribution is -0.274. The summed E-state index contributed by atoms with van der Waals surface area (Å²) < 4.78 is 50.6. The molecule has 1 unspecified atom stereocenters. The van der Waals surface area contributed by atoms with Crippen LogP contribution in [0, 0.1) is 0 Å². The first kappa shape index (κ1) is 23.7. The number of alkyl halides is 3. The molecule has 1 fully saturated rings. The second-order valence-electron chi connectivity index (χ2n) is 5.91. The maximum Gasteiger partial charge on any atom is 0.573 e. The Bertz CT molecular complexity index is 625. The van der Waals surface area contributed by atoms with E-state index in [-0.39, 0.29) is 17.6 Å². The van der Waals surface area contributed by atoms with Crippen LogP contribution in [-0.4, -0.2) is 55.4 Å². The number of hydrogen-bond acceptors (Lipinski definition) is 6. The van der Waals surface area contributed by atoms with Crippen LogP contribution in [0.1, 0.15) is 33.6 Å². The van der Waals surface area contributed by atoms with Crippen molar-refractivity contribution in [2.75, 3.05) is 20.2 Å². The van der Waals surface area contributed by atoms with Crippen LogP contribution in [0.3, 0.4) is 0 Å². The van der Waals surface area contributed by atoms with Crippen molar-refractivity contribution in [2.24, 2.45) is 0 Å². The molecule has 0 radical (unpaired) electrons. The maximum absolute atomic E-state index is 12.1. The van der Waals surface area contributed by atoms with E-state index < -0.39 is 18.4 Å². The number of methoxy groups -OCH3 is 1. The highest BCUT2D eigenvalue weighted by atomic mass is 19.4. The summed E-state index contributed by atoms with van der Waals surface area (Å²) in [5.41, 5.74) is 0. The smallest absolute Gasteiger partial charge is 0.490 e. The highest BCUT2D eigenvalue weighted by molar-refractivity contribution is 6.01. The molecular weight excluding hydrogens is 379 g/mol. The summed E-state index contributed by atoms with van der Waals surface area (Å²) >= 11 is 0. The number of piperidine rings is 1. The molecule has 0 N–H and O–H groups in total. The standard InChI is InChI=1S/C17H20F3NO5.C2H6/c1-11(22)15(16(23)24-2)21-9-7-13(8-10-21)25-12-3-5-14(6-4-12)26-17(18,19)20;1-2/h3-6,13,15H,7-10H2,1-2H3;1-2H3. The molecule has 0 spiro atoms. The number of ether oxygens (including phenoxy) is 3. The summed E-state index contributed by atoms with van der Waals surface area (Å²) in [5, 5.41) is 0. The van der Waals surface area contributed by atoms with Gasteiger partial charge in [-0.05, 0) is 44.0 Å². The van der Waals surface area contributed by atoms with E-state index >= 15 is 0 Å². The van der Waals surface area contributed by atoms with Gasteiger partial charge in [-0.15, -0.1) is 13.2 Å². The third-order valence-corrected chi connectivity index (χ3v) is 4.01. The monoisotopic (exact) mass is 405 g/mol. The van der Waals surface area contributed by atoms with E-state index in [2.05, 4.69) is 9.47 Å². The lowest BCUT2D eigenvalue weighted by atomic mass is 10.0. The molecule has 1 atom stereocenters. The van der Waals surface area contributed by atoms with Gasteiger partial charge < -0.3 is 14.2 Å². The van der Waals surface area contributed by atoms with E-state index in [9.17, 15) is 22.8 Å². The van der Waals surface area contributed by atoms with Gasteiger partial charge in [-0.25, -0.2) is 4.79 Å². The van der Waals surface area contributed by atoms with Crippen LogP contribution in [-0.2, 0) is 14.3 Å². The second kappa shape index (κ2) is 10.9. The van der Waals surface area contributed by atoms with Gasteiger partial charge in [0.05, 0.1) is 7.11 Å². The van der Waals surface area contributed by atoms with Gasteiger partial charge in [0, 0.05) is 13.1 Å². The van der Waals surface area contributed by atoms with Gasteiger partial charge in [-0.2, -0.15) is 0 Å². The Hall–Kier alpha value is -2.29. The number of rotatable bonds is 6. The number of ketones is 1. The van der Waals surface area contributed by atoms with E-state index in [1.165, 1.54) is 38.3 Å². The molecule has 1 aliphatic heterocycles. The van der Waals surface area contributed by atoms with Crippen LogP contribution in [0.5, 0.6) is 11.5 Å². The van der Waals surface area contributed by atoms with Crippen LogP contribution < -0.4 is 9.47 Å². The van der Waals surface area contributed by atoms with E-state index in [1.54, 1.807) is 4.90 Å². The van der Waals surface area contributed by atoms with E-state index in [4.69, 9.17) is 4.74 Å². The number of hydrogen-bond donors (Lipinski definition) is 0. The maximum atomic E-state index is 12.1. The number of esters is 1. The largest absolute Gasteiger partial charge is 0.573 e. The minimum absolute atomic E-state index is 0.161. The molecule has 158 valence electrons. The molecule has 0 amide bonds. The molecule has 0 aromatic heterocycles. The van der Waals surface area contributed by atoms with Gasteiger partial charge >= 0.3 is 12.3 Å². The predicted octanol–water partition coefficient (Wildman–Crippen LogP) is 3.59. The highest BCUT2D eigenvalue weighted by Gasteiger charge is 2.34. The van der Waals surface area contributed by atoms with E-state index in [0.717, 1.165) is 0 Å². The Morgan fingerprint density at radius 1 is 1.07 bits per heavy atom. The van der Waals surface area contributed by atoms with Crippen molar-refractivity contribution in [3.8, 4) is 11.5 Å². The molecule has 6 nitrogen and oxygen atoms in total. The van der Waals surface area contributed by atoms with Gasteiger partial charge in [0.1, 0.15) is 17.6 Å². The zero-order valence-electron chi connectivity index (χ0n) is 16.4. The van der Waals surface area contributed by atoms with Gasteiger partial charge in [-0.3, -0.25) is 9.69 Å². The Balaban J connectivity index is 0.00000190. The van der Waals surface area contributed by atoms with Crippen molar-refractivity contribution in [3.63, 3.8) is 0 Å². The first-order valence-electron chi connectivity index (χ1n) is 9.04. The summed E-state index contributed by atoms with van der Waals surface area (Å²) in [7, 11) is 1.24. The molecule has 1 aromatic carbocycles. The summed E-state index contributed by atoms with van der Waals surface area (Å²) in [6.45, 7) is 6.29. The summed E-state index contributed by atoms with van der Waals surface area (Å²) in [6, 6.07) is 4.25. The van der Waals surface area contributed by atoms with Gasteiger partial charge in [0.15, 0.2) is 11.8 Å². The van der Waals surface area contributed by atoms with Crippen molar-refractivity contribution in [3.05, 3.63) is 24.3 Å². The molecule has 0 aliphatic carbocycles. The lowest BCUT2D eigenvalue weighted by Crippen LogP contribution is -2.51. The van der Waals surface area contributed by atoms with Crippen molar-refractivity contribution in [2.45, 2.75) is 52.1 Å². The minimum atomic E-state index is -4.73. The number of Topliss-reactive ketones (excluding diaryl/α,β-unsaturated/α-hetero) is 1. The fourth-order valence-corrected chi connectivity index (χ4v) is 2.85. The molecular formula is C19H26F3NO5. The summed E-state index contributed by atoms with van der Waals surface area (Å²) in [6.07, 6.45) is -3.75. The third-order valence-electron chi connectivity index (χ3n) is 4.01. The number of carbonyl (C=O) groups is 2. The van der Waals surface area contributed by atoms with Crippen LogP contribution >= 0.6 is 0 Å². The van der Waals surface area contributed by atoms with Crippen molar-refractivity contribution >= 4 is 11.8 Å². The van der Waals surface area contributed by atoms with Gasteiger partial charge in [0.25, 0.3) is 0 Å². The van der Waals surface area contributed by atoms with Crippen molar-refractivity contribution in [1.82, 2.24) is 4.90 Å². The van der Waals surface area contributed by atoms with Gasteiger partial charge in [0.2, 0.25) is 0 Å². The van der Waals surface area contributed by atoms with Crippen molar-refractivity contribution in [1.29, 1.82) is 0 Å². The van der Waals surface area contributed by atoms with Crippen LogP contribution in [0.2, 0.25) is 0 Å².